The molecule has 136 valence electrons. The van der Waals surface area contributed by atoms with Crippen molar-refractivity contribution in [2.75, 3.05) is 5.73 Å². The van der Waals surface area contributed by atoms with Crippen molar-refractivity contribution in [3.05, 3.63) is 68.4 Å². The molecule has 0 amide bonds. The number of nitrogen functional groups attached to an aromatic ring is 1. The van der Waals surface area contributed by atoms with Crippen LogP contribution in [0.2, 0.25) is 5.02 Å². The van der Waals surface area contributed by atoms with E-state index in [4.69, 9.17) is 21.9 Å². The number of anilines is 1. The van der Waals surface area contributed by atoms with E-state index in [0.29, 0.717) is 16.8 Å². The Morgan fingerprint density at radius 3 is 2.96 bits per heavy atom. The van der Waals surface area contributed by atoms with Crippen LogP contribution in [0.1, 0.15) is 28.9 Å². The Bertz CT molecular complexity index is 1000. The van der Waals surface area contributed by atoms with E-state index >= 15 is 0 Å². The average Bonchev–Trinajstić information content (AvgIpc) is 3.05. The average molecular weight is 380 g/mol. The number of aliphatic hydroxyl groups excluding tert-OH is 1. The topological polar surface area (TPSA) is 120 Å². The van der Waals surface area contributed by atoms with E-state index in [2.05, 4.69) is 15.2 Å². The molecular formula is C16H15ClFN5O3. The molecule has 0 unspecified atom stereocenters. The van der Waals surface area contributed by atoms with E-state index in [0.717, 1.165) is 10.7 Å². The Balaban J connectivity index is 1.73. The summed E-state index contributed by atoms with van der Waals surface area (Å²) in [7, 11) is 0. The van der Waals surface area contributed by atoms with Crippen molar-refractivity contribution in [3.63, 3.8) is 0 Å². The maximum Gasteiger partial charge on any atom is 0.272 e. The van der Waals surface area contributed by atoms with Crippen LogP contribution >= 0.6 is 11.6 Å². The molecule has 26 heavy (non-hydrogen) atoms. The Hall–Kier alpha value is -2.78. The SMILES string of the molecule is Cc1c(N)cnn(Cc2nc(C[C@H](O)c3ccc(Cl)c(F)c3)no2)c1=O. The van der Waals surface area contributed by atoms with Gasteiger partial charge in [-0.25, -0.2) is 9.07 Å². The van der Waals surface area contributed by atoms with Crippen LogP contribution in [0.5, 0.6) is 0 Å². The number of halogens is 2. The van der Waals surface area contributed by atoms with Gasteiger partial charge >= 0.3 is 0 Å². The third-order valence-electron chi connectivity index (χ3n) is 3.82. The predicted octanol–water partition coefficient (Wildman–Crippen LogP) is 1.63. The zero-order valence-electron chi connectivity index (χ0n) is 13.7. The maximum atomic E-state index is 13.5. The van der Waals surface area contributed by atoms with Crippen LogP contribution < -0.4 is 11.3 Å². The van der Waals surface area contributed by atoms with Crippen LogP contribution in [-0.4, -0.2) is 25.0 Å². The van der Waals surface area contributed by atoms with Crippen molar-refractivity contribution in [3.8, 4) is 0 Å². The van der Waals surface area contributed by atoms with Gasteiger partial charge in [-0.3, -0.25) is 4.79 Å². The lowest BCUT2D eigenvalue weighted by Gasteiger charge is -2.08. The number of nitrogens with zero attached hydrogens (tertiary/aromatic N) is 4. The maximum absolute atomic E-state index is 13.5. The Morgan fingerprint density at radius 2 is 2.23 bits per heavy atom. The largest absolute Gasteiger partial charge is 0.397 e. The molecule has 8 nitrogen and oxygen atoms in total. The first kappa shape index (κ1) is 18.0. The number of aliphatic hydroxyl groups is 1. The van der Waals surface area contributed by atoms with E-state index < -0.39 is 11.9 Å². The van der Waals surface area contributed by atoms with Crippen LogP contribution in [-0.2, 0) is 13.0 Å². The minimum atomic E-state index is -1.04. The molecule has 0 bridgehead atoms. The summed E-state index contributed by atoms with van der Waals surface area (Å²) >= 11 is 5.62. The first-order valence-electron chi connectivity index (χ1n) is 7.62. The number of aromatic nitrogens is 4. The van der Waals surface area contributed by atoms with Crippen molar-refractivity contribution in [1.29, 1.82) is 0 Å². The van der Waals surface area contributed by atoms with E-state index in [1.807, 2.05) is 0 Å². The van der Waals surface area contributed by atoms with Crippen LogP contribution in [0.4, 0.5) is 10.1 Å². The van der Waals surface area contributed by atoms with Crippen LogP contribution in [0.3, 0.4) is 0 Å². The van der Waals surface area contributed by atoms with Crippen LogP contribution in [0.25, 0.3) is 0 Å². The fourth-order valence-electron chi connectivity index (χ4n) is 2.29. The molecule has 3 rings (SSSR count). The highest BCUT2D eigenvalue weighted by molar-refractivity contribution is 6.30. The summed E-state index contributed by atoms with van der Waals surface area (Å²) < 4.78 is 19.7. The van der Waals surface area contributed by atoms with E-state index in [9.17, 15) is 14.3 Å². The van der Waals surface area contributed by atoms with Crippen molar-refractivity contribution in [2.45, 2.75) is 26.0 Å². The molecule has 1 aromatic carbocycles. The molecular weight excluding hydrogens is 365 g/mol. The number of nitrogens with two attached hydrogens (primary N) is 1. The fraction of sp³-hybridized carbons (Fsp3) is 0.250. The van der Waals surface area contributed by atoms with Gasteiger partial charge in [0, 0.05) is 12.0 Å². The highest BCUT2D eigenvalue weighted by atomic mass is 35.5. The molecule has 3 N–H and O–H groups in total. The Morgan fingerprint density at radius 1 is 1.46 bits per heavy atom. The van der Waals surface area contributed by atoms with Crippen molar-refractivity contribution >= 4 is 17.3 Å². The lowest BCUT2D eigenvalue weighted by molar-refractivity contribution is 0.174. The summed E-state index contributed by atoms with van der Waals surface area (Å²) in [6, 6.07) is 4.02. The molecule has 0 aliphatic heterocycles. The van der Waals surface area contributed by atoms with E-state index in [1.165, 1.54) is 18.3 Å². The second-order valence-electron chi connectivity index (χ2n) is 5.69. The highest BCUT2D eigenvalue weighted by Crippen LogP contribution is 2.22. The van der Waals surface area contributed by atoms with Gasteiger partial charge in [0.1, 0.15) is 12.4 Å². The summed E-state index contributed by atoms with van der Waals surface area (Å²) in [6.45, 7) is 1.56. The molecule has 0 spiro atoms. The molecule has 0 radical (unpaired) electrons. The lowest BCUT2D eigenvalue weighted by Crippen LogP contribution is -2.26. The smallest absolute Gasteiger partial charge is 0.272 e. The molecule has 0 aliphatic carbocycles. The summed E-state index contributed by atoms with van der Waals surface area (Å²) in [4.78, 5) is 16.2. The fourth-order valence-corrected chi connectivity index (χ4v) is 2.40. The first-order valence-corrected chi connectivity index (χ1v) is 7.99. The number of benzene rings is 1. The van der Waals surface area contributed by atoms with Gasteiger partial charge < -0.3 is 15.4 Å². The van der Waals surface area contributed by atoms with Crippen LogP contribution in [0.15, 0.2) is 33.7 Å². The van der Waals surface area contributed by atoms with Gasteiger partial charge in [-0.2, -0.15) is 10.1 Å². The predicted molar refractivity (Wildman–Crippen MR) is 91.1 cm³/mol. The molecule has 0 saturated carbocycles. The van der Waals surface area contributed by atoms with E-state index in [1.54, 1.807) is 6.92 Å². The number of hydrogen-bond donors (Lipinski definition) is 2. The van der Waals surface area contributed by atoms with E-state index in [-0.39, 0.29) is 35.3 Å². The third kappa shape index (κ3) is 3.73. The zero-order chi connectivity index (χ0) is 18.8. The van der Waals surface area contributed by atoms with Crippen LogP contribution in [0, 0.1) is 12.7 Å². The molecule has 2 heterocycles. The standard InChI is InChI=1S/C16H15ClFN5O3/c1-8-12(19)6-20-23(16(8)25)7-15-21-14(22-26-15)5-13(24)9-2-3-10(17)11(18)4-9/h2-4,6,13,24H,5,7,19H2,1H3/t13-/m0/s1. The summed E-state index contributed by atoms with van der Waals surface area (Å²) in [5, 5.41) is 17.8. The Labute approximate surface area is 152 Å². The molecule has 1 atom stereocenters. The second kappa shape index (κ2) is 7.22. The molecule has 3 aromatic rings. The van der Waals surface area contributed by atoms with Gasteiger partial charge in [0.25, 0.3) is 5.56 Å². The van der Waals surface area contributed by atoms with Gasteiger partial charge in [0.2, 0.25) is 5.89 Å². The molecule has 2 aromatic heterocycles. The zero-order valence-corrected chi connectivity index (χ0v) is 14.4. The third-order valence-corrected chi connectivity index (χ3v) is 4.13. The summed E-state index contributed by atoms with van der Waals surface area (Å²) in [6.07, 6.45) is 0.340. The second-order valence-corrected chi connectivity index (χ2v) is 6.09. The molecule has 0 fully saturated rings. The first-order chi connectivity index (χ1) is 12.3. The minimum Gasteiger partial charge on any atom is -0.397 e. The lowest BCUT2D eigenvalue weighted by atomic mass is 10.1. The van der Waals surface area contributed by atoms with Gasteiger partial charge in [0.05, 0.1) is 23.0 Å². The number of hydrogen-bond acceptors (Lipinski definition) is 7. The molecule has 0 saturated heterocycles. The van der Waals surface area contributed by atoms with Gasteiger partial charge in [-0.15, -0.1) is 0 Å². The summed E-state index contributed by atoms with van der Waals surface area (Å²) in [5.74, 6) is -0.266. The van der Waals surface area contributed by atoms with Crippen molar-refractivity contribution in [1.82, 2.24) is 19.9 Å². The highest BCUT2D eigenvalue weighted by Gasteiger charge is 2.16. The van der Waals surface area contributed by atoms with Crippen molar-refractivity contribution < 1.29 is 14.0 Å². The Kier molecular flexibility index (Phi) is 5.01. The van der Waals surface area contributed by atoms with Crippen molar-refractivity contribution in [2.24, 2.45) is 0 Å². The van der Waals surface area contributed by atoms with Gasteiger partial charge in [-0.05, 0) is 24.6 Å². The quantitative estimate of drug-likeness (QED) is 0.691. The molecule has 0 aliphatic rings. The minimum absolute atomic E-state index is 0.00760. The number of rotatable bonds is 5. The summed E-state index contributed by atoms with van der Waals surface area (Å²) in [5.41, 5.74) is 6.28. The van der Waals surface area contributed by atoms with Gasteiger partial charge in [0.15, 0.2) is 5.82 Å². The monoisotopic (exact) mass is 379 g/mol. The normalized spacial score (nSPS) is 12.3. The van der Waals surface area contributed by atoms with Gasteiger partial charge in [-0.1, -0.05) is 22.8 Å². The molecule has 10 heteroatoms.